The lowest BCUT2D eigenvalue weighted by molar-refractivity contribution is -0.274. The number of unbranched alkanes of at least 4 members (excludes halogenated alkanes) is 1. The maximum Gasteiger partial charge on any atom is 0.573 e. The van der Waals surface area contributed by atoms with E-state index in [-0.39, 0.29) is 11.7 Å². The molecule has 0 radical (unpaired) electrons. The number of ether oxygens (including phenoxy) is 1. The lowest BCUT2D eigenvalue weighted by Crippen LogP contribution is -2.32. The van der Waals surface area contributed by atoms with E-state index in [9.17, 15) is 18.0 Å². The Bertz CT molecular complexity index is 1190. The summed E-state index contributed by atoms with van der Waals surface area (Å²) in [5.41, 5.74) is 2.95. The van der Waals surface area contributed by atoms with E-state index in [4.69, 9.17) is 0 Å². The molecule has 0 aliphatic carbocycles. The summed E-state index contributed by atoms with van der Waals surface area (Å²) in [7, 11) is 0. The SMILES string of the molecule is O=C(/C=C/n1cc(Br)c2ccccc21)NCCCCN1CCc2ccc(OC(F)(F)F)cc2C1. The second-order valence-electron chi connectivity index (χ2n) is 8.22. The van der Waals surface area contributed by atoms with Crippen molar-refractivity contribution >= 4 is 38.9 Å². The van der Waals surface area contributed by atoms with Crippen LogP contribution in [0.2, 0.25) is 0 Å². The Morgan fingerprint density at radius 1 is 1.15 bits per heavy atom. The van der Waals surface area contributed by atoms with Crippen LogP contribution in [0.3, 0.4) is 0 Å². The number of alkyl halides is 3. The first kappa shape index (κ1) is 24.3. The summed E-state index contributed by atoms with van der Waals surface area (Å²) in [6, 6.07) is 12.5. The van der Waals surface area contributed by atoms with Crippen molar-refractivity contribution in [3.8, 4) is 5.75 Å². The fourth-order valence-corrected chi connectivity index (χ4v) is 4.70. The minimum absolute atomic E-state index is 0.155. The summed E-state index contributed by atoms with van der Waals surface area (Å²) in [6.45, 7) is 2.84. The van der Waals surface area contributed by atoms with Gasteiger partial charge in [0.1, 0.15) is 5.75 Å². The average molecular weight is 536 g/mol. The van der Waals surface area contributed by atoms with E-state index in [0.717, 1.165) is 58.9 Å². The van der Waals surface area contributed by atoms with Gasteiger partial charge in [-0.15, -0.1) is 13.2 Å². The molecule has 0 fully saturated rings. The van der Waals surface area contributed by atoms with E-state index in [1.807, 2.05) is 35.0 Å². The van der Waals surface area contributed by atoms with E-state index in [1.165, 1.54) is 18.2 Å². The average Bonchev–Trinajstić information content (AvgIpc) is 3.12. The summed E-state index contributed by atoms with van der Waals surface area (Å²) < 4.78 is 44.3. The highest BCUT2D eigenvalue weighted by atomic mass is 79.9. The van der Waals surface area contributed by atoms with Crippen LogP contribution >= 0.6 is 15.9 Å². The van der Waals surface area contributed by atoms with Gasteiger partial charge < -0.3 is 14.6 Å². The van der Waals surface area contributed by atoms with Crippen molar-refractivity contribution in [2.24, 2.45) is 0 Å². The number of rotatable bonds is 8. The van der Waals surface area contributed by atoms with Crippen molar-refractivity contribution in [2.75, 3.05) is 19.6 Å². The van der Waals surface area contributed by atoms with Crippen molar-refractivity contribution in [2.45, 2.75) is 32.2 Å². The monoisotopic (exact) mass is 535 g/mol. The molecule has 1 aliphatic heterocycles. The van der Waals surface area contributed by atoms with Crippen molar-refractivity contribution in [1.82, 2.24) is 14.8 Å². The normalized spacial score (nSPS) is 14.5. The first-order valence-electron chi connectivity index (χ1n) is 11.1. The van der Waals surface area contributed by atoms with Gasteiger partial charge in [-0.25, -0.2) is 0 Å². The number of para-hydroxylation sites is 1. The second-order valence-corrected chi connectivity index (χ2v) is 9.07. The van der Waals surface area contributed by atoms with Crippen LogP contribution in [0.4, 0.5) is 13.2 Å². The van der Waals surface area contributed by atoms with Gasteiger partial charge in [-0.1, -0.05) is 24.3 Å². The third kappa shape index (κ3) is 6.42. The van der Waals surface area contributed by atoms with Gasteiger partial charge in [0.25, 0.3) is 0 Å². The van der Waals surface area contributed by atoms with Crippen LogP contribution in [-0.2, 0) is 17.8 Å². The van der Waals surface area contributed by atoms with Crippen LogP contribution in [-0.4, -0.2) is 41.4 Å². The van der Waals surface area contributed by atoms with Gasteiger partial charge >= 0.3 is 6.36 Å². The topological polar surface area (TPSA) is 46.5 Å². The molecule has 1 aliphatic rings. The number of aromatic nitrogens is 1. The summed E-state index contributed by atoms with van der Waals surface area (Å²) >= 11 is 3.53. The van der Waals surface area contributed by atoms with Gasteiger partial charge in [0.15, 0.2) is 0 Å². The van der Waals surface area contributed by atoms with Crippen molar-refractivity contribution in [3.05, 3.63) is 70.3 Å². The fourth-order valence-electron chi connectivity index (χ4n) is 4.14. The molecule has 0 saturated heterocycles. The molecule has 1 N–H and O–H groups in total. The smallest absolute Gasteiger partial charge is 0.406 e. The van der Waals surface area contributed by atoms with E-state index in [0.29, 0.717) is 13.1 Å². The number of carbonyl (C=O) groups is 1. The molecule has 2 aromatic carbocycles. The van der Waals surface area contributed by atoms with Crippen molar-refractivity contribution in [3.63, 3.8) is 0 Å². The molecule has 5 nitrogen and oxygen atoms in total. The molecule has 34 heavy (non-hydrogen) atoms. The zero-order valence-electron chi connectivity index (χ0n) is 18.4. The van der Waals surface area contributed by atoms with E-state index in [1.54, 1.807) is 12.3 Å². The van der Waals surface area contributed by atoms with E-state index in [2.05, 4.69) is 30.9 Å². The lowest BCUT2D eigenvalue weighted by Gasteiger charge is -2.29. The third-order valence-corrected chi connectivity index (χ3v) is 6.41. The summed E-state index contributed by atoms with van der Waals surface area (Å²) in [4.78, 5) is 14.4. The lowest BCUT2D eigenvalue weighted by atomic mass is 9.99. The molecule has 2 heterocycles. The van der Waals surface area contributed by atoms with Crippen LogP contribution < -0.4 is 10.1 Å². The molecule has 3 aromatic rings. The molecule has 180 valence electrons. The second kappa shape index (κ2) is 10.7. The number of nitrogens with one attached hydrogen (secondary N) is 1. The van der Waals surface area contributed by atoms with Gasteiger partial charge in [0.2, 0.25) is 5.91 Å². The Morgan fingerprint density at radius 3 is 2.79 bits per heavy atom. The number of carbonyl (C=O) groups excluding carboxylic acids is 1. The molecular formula is C25H25BrF3N3O2. The number of nitrogens with zero attached hydrogens (tertiary/aromatic N) is 2. The van der Waals surface area contributed by atoms with Gasteiger partial charge in [0, 0.05) is 48.0 Å². The molecule has 1 amide bonds. The molecule has 0 saturated carbocycles. The van der Waals surface area contributed by atoms with Gasteiger partial charge in [-0.3, -0.25) is 9.69 Å². The number of halogens is 4. The van der Waals surface area contributed by atoms with Crippen molar-refractivity contribution in [1.29, 1.82) is 0 Å². The van der Waals surface area contributed by atoms with Crippen molar-refractivity contribution < 1.29 is 22.7 Å². The Balaban J connectivity index is 1.19. The maximum atomic E-state index is 12.5. The first-order chi connectivity index (χ1) is 16.3. The zero-order valence-corrected chi connectivity index (χ0v) is 20.0. The third-order valence-electron chi connectivity index (χ3n) is 5.78. The zero-order chi connectivity index (χ0) is 24.1. The van der Waals surface area contributed by atoms with Crippen LogP contribution in [0.5, 0.6) is 5.75 Å². The van der Waals surface area contributed by atoms with Crippen LogP contribution in [0.25, 0.3) is 17.1 Å². The Hall–Kier alpha value is -2.78. The molecule has 9 heteroatoms. The minimum atomic E-state index is -4.69. The molecule has 0 spiro atoms. The van der Waals surface area contributed by atoms with Crippen LogP contribution in [0.15, 0.2) is 59.2 Å². The molecule has 0 bridgehead atoms. The van der Waals surface area contributed by atoms with Gasteiger partial charge in [0.05, 0.1) is 5.52 Å². The minimum Gasteiger partial charge on any atom is -0.406 e. The number of fused-ring (bicyclic) bond motifs is 2. The first-order valence-corrected chi connectivity index (χ1v) is 11.9. The highest BCUT2D eigenvalue weighted by molar-refractivity contribution is 9.10. The quantitative estimate of drug-likeness (QED) is 0.296. The Labute approximate surface area is 204 Å². The molecule has 4 rings (SSSR count). The fraction of sp³-hybridized carbons (Fsp3) is 0.320. The number of hydrogen-bond acceptors (Lipinski definition) is 3. The largest absolute Gasteiger partial charge is 0.573 e. The predicted octanol–water partition coefficient (Wildman–Crippen LogP) is 5.73. The van der Waals surface area contributed by atoms with E-state index < -0.39 is 6.36 Å². The van der Waals surface area contributed by atoms with Gasteiger partial charge in [-0.2, -0.15) is 0 Å². The van der Waals surface area contributed by atoms with Crippen LogP contribution in [0, 0.1) is 0 Å². The summed E-state index contributed by atoms with van der Waals surface area (Å²) in [5, 5.41) is 3.98. The molecule has 0 atom stereocenters. The highest BCUT2D eigenvalue weighted by Crippen LogP contribution is 2.28. The molecular weight excluding hydrogens is 511 g/mol. The van der Waals surface area contributed by atoms with E-state index >= 15 is 0 Å². The maximum absolute atomic E-state index is 12.5. The predicted molar refractivity (Wildman–Crippen MR) is 129 cm³/mol. The summed E-state index contributed by atoms with van der Waals surface area (Å²) in [6.07, 6.45) is 2.99. The Morgan fingerprint density at radius 2 is 1.97 bits per heavy atom. The van der Waals surface area contributed by atoms with Crippen LogP contribution in [0.1, 0.15) is 24.0 Å². The standard InChI is InChI=1S/C25H25BrF3N3O2/c26-22-17-32(23-6-2-1-5-21(22)23)14-10-24(33)30-11-3-4-12-31-13-9-18-7-8-20(15-19(18)16-31)34-25(27,28)29/h1-2,5-8,10,14-15,17H,3-4,9,11-13,16H2,(H,30,33)/b14-10+. The summed E-state index contributed by atoms with van der Waals surface area (Å²) in [5.74, 6) is -0.331. The Kier molecular flexibility index (Phi) is 7.63. The molecule has 0 unspecified atom stereocenters. The molecule has 1 aromatic heterocycles. The number of amides is 1. The number of benzene rings is 2. The van der Waals surface area contributed by atoms with Gasteiger partial charge in [-0.05, 0) is 71.1 Å². The highest BCUT2D eigenvalue weighted by Gasteiger charge is 2.31. The number of hydrogen-bond donors (Lipinski definition) is 1.